The van der Waals surface area contributed by atoms with E-state index in [4.69, 9.17) is 9.47 Å². The first-order valence-electron chi connectivity index (χ1n) is 7.99. The molecule has 0 radical (unpaired) electrons. The summed E-state index contributed by atoms with van der Waals surface area (Å²) < 4.78 is 11.7. The quantitative estimate of drug-likeness (QED) is 0.668. The summed E-state index contributed by atoms with van der Waals surface area (Å²) in [5, 5.41) is 0. The summed E-state index contributed by atoms with van der Waals surface area (Å²) in [4.78, 5) is 0. The molecule has 118 valence electrons. The zero-order valence-electron chi connectivity index (χ0n) is 13.6. The highest BCUT2D eigenvalue weighted by atomic mass is 16.5. The van der Waals surface area contributed by atoms with Crippen LogP contribution in [0.2, 0.25) is 0 Å². The van der Waals surface area contributed by atoms with E-state index in [1.807, 2.05) is 36.4 Å². The van der Waals surface area contributed by atoms with Crippen molar-refractivity contribution in [3.8, 4) is 0 Å². The molecule has 0 spiro atoms. The van der Waals surface area contributed by atoms with Crippen molar-refractivity contribution >= 4 is 0 Å². The molecule has 0 N–H and O–H groups in total. The summed E-state index contributed by atoms with van der Waals surface area (Å²) in [7, 11) is 0. The van der Waals surface area contributed by atoms with E-state index in [0.29, 0.717) is 25.0 Å². The molecule has 0 unspecified atom stereocenters. The van der Waals surface area contributed by atoms with Crippen LogP contribution in [0.4, 0.5) is 0 Å². The summed E-state index contributed by atoms with van der Waals surface area (Å²) in [6.07, 6.45) is 0. The van der Waals surface area contributed by atoms with Gasteiger partial charge in [-0.3, -0.25) is 0 Å². The van der Waals surface area contributed by atoms with Gasteiger partial charge in [-0.15, -0.1) is 0 Å². The zero-order valence-corrected chi connectivity index (χ0v) is 13.6. The van der Waals surface area contributed by atoms with Gasteiger partial charge in [0, 0.05) is 5.92 Å². The van der Waals surface area contributed by atoms with E-state index >= 15 is 0 Å². The molecule has 0 bridgehead atoms. The average molecular weight is 298 g/mol. The Hall–Kier alpha value is -1.64. The van der Waals surface area contributed by atoms with Crippen LogP contribution in [0.25, 0.3) is 0 Å². The van der Waals surface area contributed by atoms with Crippen LogP contribution in [-0.2, 0) is 22.7 Å². The number of ether oxygens (including phenoxy) is 2. The highest BCUT2D eigenvalue weighted by Crippen LogP contribution is 2.14. The maximum atomic E-state index is 5.87. The van der Waals surface area contributed by atoms with E-state index in [0.717, 1.165) is 13.2 Å². The van der Waals surface area contributed by atoms with Gasteiger partial charge in [-0.1, -0.05) is 74.5 Å². The molecule has 22 heavy (non-hydrogen) atoms. The molecule has 2 aromatic carbocycles. The van der Waals surface area contributed by atoms with Crippen molar-refractivity contribution < 1.29 is 9.47 Å². The molecule has 0 saturated carbocycles. The Morgan fingerprint density at radius 3 is 1.45 bits per heavy atom. The Kier molecular flexibility index (Phi) is 7.14. The molecule has 0 aliphatic rings. The van der Waals surface area contributed by atoms with E-state index in [9.17, 15) is 0 Å². The third-order valence-corrected chi connectivity index (χ3v) is 3.83. The van der Waals surface area contributed by atoms with E-state index < -0.39 is 0 Å². The van der Waals surface area contributed by atoms with Crippen LogP contribution in [0.15, 0.2) is 60.7 Å². The SMILES string of the molecule is CC(C)C(COCc1ccccc1)COCc1ccccc1. The molecule has 0 fully saturated rings. The Labute approximate surface area is 134 Å². The lowest BCUT2D eigenvalue weighted by molar-refractivity contribution is 0.0104. The Morgan fingerprint density at radius 2 is 1.09 bits per heavy atom. The molecule has 2 aromatic rings. The third kappa shape index (κ3) is 6.00. The average Bonchev–Trinajstić information content (AvgIpc) is 2.55. The van der Waals surface area contributed by atoms with Gasteiger partial charge >= 0.3 is 0 Å². The van der Waals surface area contributed by atoms with Crippen molar-refractivity contribution in [2.75, 3.05) is 13.2 Å². The third-order valence-electron chi connectivity index (χ3n) is 3.83. The fourth-order valence-corrected chi connectivity index (χ4v) is 2.24. The monoisotopic (exact) mass is 298 g/mol. The molecule has 0 aromatic heterocycles. The first kappa shape index (κ1) is 16.7. The number of hydrogen-bond donors (Lipinski definition) is 0. The highest BCUT2D eigenvalue weighted by Gasteiger charge is 2.14. The minimum Gasteiger partial charge on any atom is -0.376 e. The maximum absolute atomic E-state index is 5.87. The minimum atomic E-state index is 0.424. The fourth-order valence-electron chi connectivity index (χ4n) is 2.24. The molecule has 0 heterocycles. The minimum absolute atomic E-state index is 0.424. The molecular formula is C20H26O2. The molecule has 2 rings (SSSR count). The summed E-state index contributed by atoms with van der Waals surface area (Å²) >= 11 is 0. The Balaban J connectivity index is 1.70. The van der Waals surface area contributed by atoms with Crippen LogP contribution in [0.3, 0.4) is 0 Å². The lowest BCUT2D eigenvalue weighted by atomic mass is 9.98. The van der Waals surface area contributed by atoms with Crippen molar-refractivity contribution in [2.45, 2.75) is 27.1 Å². The standard InChI is InChI=1S/C20H26O2/c1-17(2)20(15-21-13-18-9-5-3-6-10-18)16-22-14-19-11-7-4-8-12-19/h3-12,17,20H,13-16H2,1-2H3. The van der Waals surface area contributed by atoms with Crippen molar-refractivity contribution in [3.63, 3.8) is 0 Å². The van der Waals surface area contributed by atoms with Crippen LogP contribution in [-0.4, -0.2) is 13.2 Å². The molecule has 0 aliphatic heterocycles. The second-order valence-electron chi connectivity index (χ2n) is 6.01. The number of benzene rings is 2. The van der Waals surface area contributed by atoms with Gasteiger partial charge in [-0.25, -0.2) is 0 Å². The molecule has 2 nitrogen and oxygen atoms in total. The van der Waals surface area contributed by atoms with Gasteiger partial charge in [0.1, 0.15) is 0 Å². The summed E-state index contributed by atoms with van der Waals surface area (Å²) in [5.74, 6) is 0.971. The second kappa shape index (κ2) is 9.39. The predicted molar refractivity (Wildman–Crippen MR) is 90.5 cm³/mol. The fraction of sp³-hybridized carbons (Fsp3) is 0.400. The van der Waals surface area contributed by atoms with Crippen molar-refractivity contribution in [1.29, 1.82) is 0 Å². The molecule has 0 aliphatic carbocycles. The highest BCUT2D eigenvalue weighted by molar-refractivity contribution is 5.14. The van der Waals surface area contributed by atoms with Crippen LogP contribution in [0.5, 0.6) is 0 Å². The van der Waals surface area contributed by atoms with Gasteiger partial charge in [0.15, 0.2) is 0 Å². The Morgan fingerprint density at radius 1 is 0.682 bits per heavy atom. The summed E-state index contributed by atoms with van der Waals surface area (Å²) in [5.41, 5.74) is 2.44. The summed E-state index contributed by atoms with van der Waals surface area (Å²) in [6, 6.07) is 20.6. The molecule has 0 atom stereocenters. The van der Waals surface area contributed by atoms with E-state index in [1.54, 1.807) is 0 Å². The van der Waals surface area contributed by atoms with Gasteiger partial charge in [0.25, 0.3) is 0 Å². The van der Waals surface area contributed by atoms with E-state index in [-0.39, 0.29) is 0 Å². The van der Waals surface area contributed by atoms with Crippen molar-refractivity contribution in [1.82, 2.24) is 0 Å². The summed E-state index contributed by atoms with van der Waals surface area (Å²) in [6.45, 7) is 7.26. The largest absolute Gasteiger partial charge is 0.376 e. The predicted octanol–water partition coefficient (Wildman–Crippen LogP) is 4.69. The second-order valence-corrected chi connectivity index (χ2v) is 6.01. The van der Waals surface area contributed by atoms with Gasteiger partial charge in [0.2, 0.25) is 0 Å². The van der Waals surface area contributed by atoms with Crippen molar-refractivity contribution in [2.24, 2.45) is 11.8 Å². The molecular weight excluding hydrogens is 272 g/mol. The normalized spacial score (nSPS) is 11.3. The first-order chi connectivity index (χ1) is 10.8. The number of rotatable bonds is 9. The van der Waals surface area contributed by atoms with Gasteiger partial charge in [0.05, 0.1) is 26.4 Å². The van der Waals surface area contributed by atoms with Crippen LogP contribution >= 0.6 is 0 Å². The zero-order chi connectivity index (χ0) is 15.6. The van der Waals surface area contributed by atoms with Crippen LogP contribution in [0, 0.1) is 11.8 Å². The van der Waals surface area contributed by atoms with Crippen LogP contribution < -0.4 is 0 Å². The van der Waals surface area contributed by atoms with E-state index in [2.05, 4.69) is 38.1 Å². The van der Waals surface area contributed by atoms with Crippen molar-refractivity contribution in [3.05, 3.63) is 71.8 Å². The van der Waals surface area contributed by atoms with Crippen LogP contribution in [0.1, 0.15) is 25.0 Å². The first-order valence-corrected chi connectivity index (χ1v) is 7.99. The topological polar surface area (TPSA) is 18.5 Å². The van der Waals surface area contributed by atoms with Gasteiger partial charge < -0.3 is 9.47 Å². The van der Waals surface area contributed by atoms with Gasteiger partial charge in [-0.2, -0.15) is 0 Å². The van der Waals surface area contributed by atoms with Gasteiger partial charge in [-0.05, 0) is 17.0 Å². The lowest BCUT2D eigenvalue weighted by Gasteiger charge is -2.21. The molecule has 0 saturated heterocycles. The number of hydrogen-bond acceptors (Lipinski definition) is 2. The molecule has 2 heteroatoms. The van der Waals surface area contributed by atoms with E-state index in [1.165, 1.54) is 11.1 Å². The maximum Gasteiger partial charge on any atom is 0.0717 e. The lowest BCUT2D eigenvalue weighted by Crippen LogP contribution is -2.21. The molecule has 0 amide bonds. The Bertz CT molecular complexity index is 462. The smallest absolute Gasteiger partial charge is 0.0717 e.